The maximum Gasteiger partial charge on any atom is 0.338 e. The van der Waals surface area contributed by atoms with E-state index >= 15 is 0 Å². The van der Waals surface area contributed by atoms with Crippen molar-refractivity contribution in [3.63, 3.8) is 0 Å². The molecule has 1 aromatic rings. The molecule has 3 amide bonds. The highest BCUT2D eigenvalue weighted by molar-refractivity contribution is 5.95. The molecule has 35 heavy (non-hydrogen) atoms. The summed E-state index contributed by atoms with van der Waals surface area (Å²) in [6.07, 6.45) is 0.802. The molecule has 0 bridgehead atoms. The fraction of sp³-hybridized carbons (Fsp3) is 0.577. The Hall–Kier alpha value is -2.91. The summed E-state index contributed by atoms with van der Waals surface area (Å²) in [5, 5.41) is 3.04. The molecule has 9 heteroatoms. The van der Waals surface area contributed by atoms with E-state index in [0.717, 1.165) is 29.7 Å². The van der Waals surface area contributed by atoms with Gasteiger partial charge in [-0.2, -0.15) is 0 Å². The summed E-state index contributed by atoms with van der Waals surface area (Å²) in [4.78, 5) is 44.5. The molecule has 1 aromatic carbocycles. The van der Waals surface area contributed by atoms with Crippen LogP contribution >= 0.6 is 0 Å². The van der Waals surface area contributed by atoms with Gasteiger partial charge in [-0.3, -0.25) is 14.6 Å². The minimum absolute atomic E-state index is 0.0251. The zero-order chi connectivity index (χ0) is 25.5. The first-order valence-electron chi connectivity index (χ1n) is 12.3. The van der Waals surface area contributed by atoms with Crippen LogP contribution in [-0.2, 0) is 19.1 Å². The van der Waals surface area contributed by atoms with Crippen LogP contribution < -0.4 is 5.32 Å². The van der Waals surface area contributed by atoms with Crippen LogP contribution in [0.2, 0.25) is 0 Å². The Balaban J connectivity index is 1.99. The zero-order valence-electron chi connectivity index (χ0n) is 21.6. The van der Waals surface area contributed by atoms with E-state index in [1.807, 2.05) is 37.8 Å². The lowest BCUT2D eigenvalue weighted by molar-refractivity contribution is -0.139. The summed E-state index contributed by atoms with van der Waals surface area (Å²) in [7, 11) is 1.52. The predicted octanol–water partition coefficient (Wildman–Crippen LogP) is 2.39. The van der Waals surface area contributed by atoms with Gasteiger partial charge in [0.25, 0.3) is 0 Å². The number of carbonyl (C=O) groups excluding carboxylic acids is 3. The molecule has 9 nitrogen and oxygen atoms in total. The van der Waals surface area contributed by atoms with Crippen molar-refractivity contribution in [2.24, 2.45) is 0 Å². The summed E-state index contributed by atoms with van der Waals surface area (Å²) < 4.78 is 10.5. The third-order valence-electron chi connectivity index (χ3n) is 6.57. The van der Waals surface area contributed by atoms with E-state index in [1.165, 1.54) is 7.11 Å². The number of likely N-dealkylation sites (N-methyl/N-ethyl adjacent to an activating group) is 1. The number of hydrogen-bond donors (Lipinski definition) is 1. The molecule has 0 aromatic heterocycles. The van der Waals surface area contributed by atoms with Gasteiger partial charge in [0.1, 0.15) is 6.61 Å². The van der Waals surface area contributed by atoms with Gasteiger partial charge in [0.2, 0.25) is 5.91 Å². The number of carbonyl (C=O) groups is 3. The Morgan fingerprint density at radius 2 is 1.89 bits per heavy atom. The van der Waals surface area contributed by atoms with Crippen molar-refractivity contribution in [3.05, 3.63) is 46.2 Å². The average molecular weight is 487 g/mol. The molecule has 2 heterocycles. The Bertz CT molecular complexity index is 976. The van der Waals surface area contributed by atoms with Crippen molar-refractivity contribution < 1.29 is 23.9 Å². The first-order valence-corrected chi connectivity index (χ1v) is 12.3. The van der Waals surface area contributed by atoms with Crippen LogP contribution in [-0.4, -0.2) is 92.2 Å². The molecular formula is C26H38N4O5. The number of amides is 3. The van der Waals surface area contributed by atoms with Crippen molar-refractivity contribution in [2.75, 3.05) is 59.6 Å². The normalized spacial score (nSPS) is 19.5. The van der Waals surface area contributed by atoms with Gasteiger partial charge >= 0.3 is 12.0 Å². The Labute approximate surface area is 208 Å². The van der Waals surface area contributed by atoms with Gasteiger partial charge in [-0.15, -0.1) is 0 Å². The highest BCUT2D eigenvalue weighted by Gasteiger charge is 2.39. The van der Waals surface area contributed by atoms with Gasteiger partial charge in [-0.05, 0) is 45.2 Å². The fourth-order valence-electron chi connectivity index (χ4n) is 4.85. The highest BCUT2D eigenvalue weighted by Crippen LogP contribution is 2.34. The minimum Gasteiger partial charge on any atom is -0.463 e. The van der Waals surface area contributed by atoms with Crippen molar-refractivity contribution >= 4 is 17.9 Å². The minimum atomic E-state index is -0.591. The molecule has 1 fully saturated rings. The van der Waals surface area contributed by atoms with Crippen LogP contribution in [0.4, 0.5) is 4.79 Å². The summed E-state index contributed by atoms with van der Waals surface area (Å²) in [6, 6.07) is 5.19. The van der Waals surface area contributed by atoms with E-state index in [0.29, 0.717) is 44.0 Å². The maximum atomic E-state index is 13.3. The molecule has 1 unspecified atom stereocenters. The number of aryl methyl sites for hydroxylation is 2. The zero-order valence-corrected chi connectivity index (χ0v) is 21.6. The molecule has 1 saturated heterocycles. The van der Waals surface area contributed by atoms with Crippen LogP contribution in [0.1, 0.15) is 43.0 Å². The number of esters is 1. The Kier molecular flexibility index (Phi) is 9.28. The first-order chi connectivity index (χ1) is 16.8. The molecule has 2 aliphatic heterocycles. The van der Waals surface area contributed by atoms with Crippen LogP contribution in [0, 0.1) is 13.8 Å². The number of urea groups is 1. The summed E-state index contributed by atoms with van der Waals surface area (Å²) in [6.45, 7) is 11.5. The van der Waals surface area contributed by atoms with Crippen LogP contribution in [0.3, 0.4) is 0 Å². The number of hydrogen-bond acceptors (Lipinski definition) is 6. The SMILES string of the molecule is CCOC(=O)C1=C(CN2CCCN(C(=O)COC)CC2)N(CC)C(=O)NC1c1ccc(C)cc1C. The lowest BCUT2D eigenvalue weighted by Gasteiger charge is -2.38. The number of methoxy groups -OCH3 is 1. The first kappa shape index (κ1) is 26.7. The van der Waals surface area contributed by atoms with Crippen molar-refractivity contribution in [2.45, 2.75) is 40.2 Å². The number of ether oxygens (including phenoxy) is 2. The molecule has 192 valence electrons. The number of benzene rings is 1. The second-order valence-electron chi connectivity index (χ2n) is 9.01. The van der Waals surface area contributed by atoms with E-state index in [9.17, 15) is 14.4 Å². The third-order valence-corrected chi connectivity index (χ3v) is 6.57. The summed E-state index contributed by atoms with van der Waals surface area (Å²) >= 11 is 0. The molecule has 0 spiro atoms. The molecule has 1 atom stereocenters. The predicted molar refractivity (Wildman–Crippen MR) is 133 cm³/mol. The van der Waals surface area contributed by atoms with Crippen molar-refractivity contribution in [1.29, 1.82) is 0 Å². The second-order valence-corrected chi connectivity index (χ2v) is 9.01. The summed E-state index contributed by atoms with van der Waals surface area (Å²) in [5.41, 5.74) is 4.13. The molecule has 2 aliphatic rings. The quantitative estimate of drug-likeness (QED) is 0.568. The number of nitrogens with one attached hydrogen (secondary N) is 1. The number of rotatable bonds is 8. The number of nitrogens with zero attached hydrogens (tertiary/aromatic N) is 3. The van der Waals surface area contributed by atoms with Gasteiger partial charge < -0.3 is 19.7 Å². The molecule has 1 N–H and O–H groups in total. The van der Waals surface area contributed by atoms with E-state index < -0.39 is 12.0 Å². The molecular weight excluding hydrogens is 448 g/mol. The van der Waals surface area contributed by atoms with E-state index in [1.54, 1.807) is 11.8 Å². The lowest BCUT2D eigenvalue weighted by Crippen LogP contribution is -2.51. The van der Waals surface area contributed by atoms with E-state index in [2.05, 4.69) is 16.3 Å². The molecule has 0 aliphatic carbocycles. The van der Waals surface area contributed by atoms with Crippen LogP contribution in [0.15, 0.2) is 29.5 Å². The summed E-state index contributed by atoms with van der Waals surface area (Å²) in [5.74, 6) is -0.444. The van der Waals surface area contributed by atoms with Crippen molar-refractivity contribution in [1.82, 2.24) is 20.0 Å². The standard InChI is InChI=1S/C26H38N4O5/c1-6-30-21(16-28-11-8-12-29(14-13-28)22(31)17-34-5)23(25(32)35-7-2)24(27-26(30)33)20-10-9-18(3)15-19(20)4/h9-10,15,24H,6-8,11-14,16-17H2,1-5H3,(H,27,33). The fourth-order valence-corrected chi connectivity index (χ4v) is 4.85. The third kappa shape index (κ3) is 6.21. The van der Waals surface area contributed by atoms with Crippen LogP contribution in [0.5, 0.6) is 0 Å². The molecule has 3 rings (SSSR count). The smallest absolute Gasteiger partial charge is 0.338 e. The lowest BCUT2D eigenvalue weighted by atomic mass is 9.90. The second kappa shape index (κ2) is 12.2. The van der Waals surface area contributed by atoms with Crippen molar-refractivity contribution in [3.8, 4) is 0 Å². The van der Waals surface area contributed by atoms with Gasteiger partial charge in [-0.25, -0.2) is 9.59 Å². The van der Waals surface area contributed by atoms with Gasteiger partial charge in [-0.1, -0.05) is 23.8 Å². The van der Waals surface area contributed by atoms with Crippen LogP contribution in [0.25, 0.3) is 0 Å². The maximum absolute atomic E-state index is 13.3. The average Bonchev–Trinajstić information content (AvgIpc) is 3.05. The van der Waals surface area contributed by atoms with Gasteiger partial charge in [0.05, 0.1) is 18.2 Å². The van der Waals surface area contributed by atoms with E-state index in [4.69, 9.17) is 9.47 Å². The highest BCUT2D eigenvalue weighted by atomic mass is 16.5. The monoisotopic (exact) mass is 486 g/mol. The van der Waals surface area contributed by atoms with E-state index in [-0.39, 0.29) is 25.2 Å². The Morgan fingerprint density at radius 1 is 1.11 bits per heavy atom. The largest absolute Gasteiger partial charge is 0.463 e. The topological polar surface area (TPSA) is 91.4 Å². The van der Waals surface area contributed by atoms with Gasteiger partial charge in [0.15, 0.2) is 0 Å². The van der Waals surface area contributed by atoms with Gasteiger partial charge in [0, 0.05) is 52.1 Å². The molecule has 0 radical (unpaired) electrons. The molecule has 0 saturated carbocycles. The Morgan fingerprint density at radius 3 is 2.54 bits per heavy atom.